The monoisotopic (exact) mass is 971 g/mol. The highest BCUT2D eigenvalue weighted by molar-refractivity contribution is 6.14. The Balaban J connectivity index is 0.957. The highest BCUT2D eigenvalue weighted by Gasteiger charge is 2.25. The van der Waals surface area contributed by atoms with Gasteiger partial charge in [-0.15, -0.1) is 0 Å². The minimum Gasteiger partial charge on any atom is -0.456 e. The Morgan fingerprint density at radius 3 is 1.16 bits per heavy atom. The minimum absolute atomic E-state index is 0.528. The summed E-state index contributed by atoms with van der Waals surface area (Å²) in [7, 11) is 0. The maximum Gasteiger partial charge on any atom is 0.164 e. The summed E-state index contributed by atoms with van der Waals surface area (Å²) in [6, 6.07) is 87.7. The van der Waals surface area contributed by atoms with Gasteiger partial charge in [-0.2, -0.15) is 0 Å². The predicted octanol–water partition coefficient (Wildman–Crippen LogP) is 18.2. The molecular formula is C69H41N5O2. The molecule has 0 aliphatic rings. The van der Waals surface area contributed by atoms with Crippen LogP contribution in [0.25, 0.3) is 155 Å². The van der Waals surface area contributed by atoms with Gasteiger partial charge in [0, 0.05) is 76.6 Å². The number of furan rings is 2. The molecule has 76 heavy (non-hydrogen) atoms. The van der Waals surface area contributed by atoms with Crippen molar-refractivity contribution in [2.24, 2.45) is 0 Å². The van der Waals surface area contributed by atoms with Crippen LogP contribution in [0.2, 0.25) is 0 Å². The largest absolute Gasteiger partial charge is 0.456 e. The van der Waals surface area contributed by atoms with Crippen LogP contribution in [0.4, 0.5) is 0 Å². The molecule has 7 heteroatoms. The Bertz CT molecular complexity index is 4760. The molecule has 0 aliphatic heterocycles. The van der Waals surface area contributed by atoms with Gasteiger partial charge in [0.1, 0.15) is 22.3 Å². The molecule has 0 amide bonds. The molecule has 16 aromatic rings. The lowest BCUT2D eigenvalue weighted by atomic mass is 9.92. The van der Waals surface area contributed by atoms with Crippen LogP contribution in [0.5, 0.6) is 0 Å². The van der Waals surface area contributed by atoms with Crippen molar-refractivity contribution in [1.82, 2.24) is 24.1 Å². The summed E-state index contributed by atoms with van der Waals surface area (Å²) < 4.78 is 17.7. The topological polar surface area (TPSA) is 74.8 Å². The Kier molecular flexibility index (Phi) is 9.20. The second-order valence-corrected chi connectivity index (χ2v) is 19.5. The Hall–Kier alpha value is -10.4. The number of hydrogen-bond acceptors (Lipinski definition) is 5. The molecule has 0 N–H and O–H groups in total. The molecule has 7 nitrogen and oxygen atoms in total. The number of hydrogen-bond donors (Lipinski definition) is 0. The van der Waals surface area contributed by atoms with E-state index in [4.69, 9.17) is 23.8 Å². The first-order chi connectivity index (χ1) is 37.7. The smallest absolute Gasteiger partial charge is 0.164 e. The van der Waals surface area contributed by atoms with Gasteiger partial charge in [0.2, 0.25) is 0 Å². The van der Waals surface area contributed by atoms with Gasteiger partial charge in [-0.25, -0.2) is 15.0 Å². The van der Waals surface area contributed by atoms with E-state index >= 15 is 0 Å². The molecule has 11 aromatic carbocycles. The predicted molar refractivity (Wildman–Crippen MR) is 310 cm³/mol. The summed E-state index contributed by atoms with van der Waals surface area (Å²) in [5.41, 5.74) is 16.6. The van der Waals surface area contributed by atoms with Crippen molar-refractivity contribution in [1.29, 1.82) is 0 Å². The van der Waals surface area contributed by atoms with E-state index in [0.717, 1.165) is 116 Å². The highest BCUT2D eigenvalue weighted by Crippen LogP contribution is 2.45. The van der Waals surface area contributed by atoms with Gasteiger partial charge in [-0.3, -0.25) is 0 Å². The second-order valence-electron chi connectivity index (χ2n) is 19.5. The first-order valence-electron chi connectivity index (χ1n) is 25.6. The first kappa shape index (κ1) is 42.2. The fourth-order valence-corrected chi connectivity index (χ4v) is 11.7. The quantitative estimate of drug-likeness (QED) is 0.159. The molecule has 354 valence electrons. The van der Waals surface area contributed by atoms with Gasteiger partial charge in [0.05, 0.1) is 27.8 Å². The van der Waals surface area contributed by atoms with Crippen LogP contribution in [-0.2, 0) is 0 Å². The van der Waals surface area contributed by atoms with E-state index in [9.17, 15) is 0 Å². The lowest BCUT2D eigenvalue weighted by molar-refractivity contribution is 0.668. The van der Waals surface area contributed by atoms with Crippen LogP contribution in [0.15, 0.2) is 258 Å². The van der Waals surface area contributed by atoms with E-state index in [0.29, 0.717) is 17.5 Å². The second kappa shape index (κ2) is 16.6. The van der Waals surface area contributed by atoms with E-state index in [-0.39, 0.29) is 0 Å². The maximum atomic E-state index is 6.43. The number of para-hydroxylation sites is 5. The first-order valence-corrected chi connectivity index (χ1v) is 25.6. The van der Waals surface area contributed by atoms with Gasteiger partial charge in [0.25, 0.3) is 0 Å². The van der Waals surface area contributed by atoms with E-state index < -0.39 is 0 Å². The zero-order valence-electron chi connectivity index (χ0n) is 40.7. The van der Waals surface area contributed by atoms with Gasteiger partial charge in [0.15, 0.2) is 17.5 Å². The molecule has 0 saturated carbocycles. The van der Waals surface area contributed by atoms with Crippen LogP contribution < -0.4 is 0 Å². The molecule has 0 radical (unpaired) electrons. The number of fused-ring (bicyclic) bond motifs is 12. The molecule has 5 heterocycles. The summed E-state index contributed by atoms with van der Waals surface area (Å²) in [6.45, 7) is 0. The summed E-state index contributed by atoms with van der Waals surface area (Å²) in [5.74, 6) is 1.59. The minimum atomic E-state index is 0.528. The lowest BCUT2D eigenvalue weighted by Gasteiger charge is -2.21. The molecule has 0 atom stereocenters. The average molecular weight is 972 g/mol. The van der Waals surface area contributed by atoms with E-state index in [1.807, 2.05) is 48.5 Å². The highest BCUT2D eigenvalue weighted by atomic mass is 16.3. The summed E-state index contributed by atoms with van der Waals surface area (Å²) in [4.78, 5) is 16.1. The van der Waals surface area contributed by atoms with Crippen molar-refractivity contribution >= 4 is 87.5 Å². The number of rotatable bonds is 7. The molecule has 5 aromatic heterocycles. The van der Waals surface area contributed by atoms with E-state index in [1.54, 1.807) is 0 Å². The Labute approximate surface area is 434 Å². The molecule has 0 fully saturated rings. The van der Waals surface area contributed by atoms with Crippen molar-refractivity contribution in [2.75, 3.05) is 0 Å². The molecule has 16 rings (SSSR count). The van der Waals surface area contributed by atoms with Crippen LogP contribution >= 0.6 is 0 Å². The molecule has 0 bridgehead atoms. The van der Waals surface area contributed by atoms with Crippen LogP contribution in [-0.4, -0.2) is 24.1 Å². The third-order valence-electron chi connectivity index (χ3n) is 15.2. The summed E-state index contributed by atoms with van der Waals surface area (Å²) in [6.07, 6.45) is 0. The Morgan fingerprint density at radius 2 is 0.645 bits per heavy atom. The summed E-state index contributed by atoms with van der Waals surface area (Å²) >= 11 is 0. The standard InChI is InChI=1S/C69H41N5O2/c1-3-17-42(18-4-1)55-37-46(69-71-67(44-31-34-53-51-24-10-15-29-62(51)75-64(53)39-44)70-68(72-69)45-32-35-54-52-25-11-16-30-63(52)76-65(54)40-45)38-56(43-19-5-2-6-20-43)66(55)74-60-28-14-9-23-50(60)57-41-47(33-36-61(57)74)73-58-26-12-7-21-48(58)49-22-8-13-27-59(49)73/h1-41H. The average Bonchev–Trinajstić information content (AvgIpc) is 4.33. The van der Waals surface area contributed by atoms with Crippen molar-refractivity contribution < 1.29 is 8.83 Å². The number of nitrogens with zero attached hydrogens (tertiary/aromatic N) is 5. The fourth-order valence-electron chi connectivity index (χ4n) is 11.7. The third kappa shape index (κ3) is 6.52. The van der Waals surface area contributed by atoms with E-state index in [1.165, 1.54) is 21.8 Å². The van der Waals surface area contributed by atoms with Gasteiger partial charge in [-0.1, -0.05) is 164 Å². The zero-order valence-corrected chi connectivity index (χ0v) is 40.7. The SMILES string of the molecule is c1ccc(-c2cc(-c3nc(-c4ccc5c(c4)oc4ccccc45)nc(-c4ccc5c(c4)oc4ccccc45)n3)cc(-c3ccccc3)c2-n2c3ccccc3c3cc(-n4c5ccccc5c5ccccc54)ccc32)cc1. The van der Waals surface area contributed by atoms with Crippen molar-refractivity contribution in [2.45, 2.75) is 0 Å². The van der Waals surface area contributed by atoms with Crippen molar-refractivity contribution in [3.05, 3.63) is 249 Å². The van der Waals surface area contributed by atoms with Crippen LogP contribution in [0.1, 0.15) is 0 Å². The van der Waals surface area contributed by atoms with Crippen molar-refractivity contribution in [3.8, 4) is 67.8 Å². The molecule has 0 spiro atoms. The molecular weight excluding hydrogens is 931 g/mol. The molecule has 0 unspecified atom stereocenters. The van der Waals surface area contributed by atoms with Crippen molar-refractivity contribution in [3.63, 3.8) is 0 Å². The molecule has 0 aliphatic carbocycles. The van der Waals surface area contributed by atoms with E-state index in [2.05, 4.69) is 209 Å². The molecule has 0 saturated heterocycles. The van der Waals surface area contributed by atoms with Gasteiger partial charge in [-0.05, 0) is 96.1 Å². The number of aromatic nitrogens is 5. The summed E-state index contributed by atoms with van der Waals surface area (Å²) in [5, 5.41) is 8.99. The van der Waals surface area contributed by atoms with Crippen LogP contribution in [0.3, 0.4) is 0 Å². The van der Waals surface area contributed by atoms with Gasteiger partial charge < -0.3 is 18.0 Å². The van der Waals surface area contributed by atoms with Gasteiger partial charge >= 0.3 is 0 Å². The maximum absolute atomic E-state index is 6.43. The Morgan fingerprint density at radius 1 is 0.250 bits per heavy atom. The zero-order chi connectivity index (χ0) is 49.8. The third-order valence-corrected chi connectivity index (χ3v) is 15.2. The lowest BCUT2D eigenvalue weighted by Crippen LogP contribution is -2.04. The normalized spacial score (nSPS) is 11.9. The number of benzene rings is 11. The fraction of sp³-hybridized carbons (Fsp3) is 0. The van der Waals surface area contributed by atoms with Crippen LogP contribution in [0, 0.1) is 0 Å².